The quantitative estimate of drug-likeness (QED) is 0.838. The van der Waals surface area contributed by atoms with Gasteiger partial charge in [-0.1, -0.05) is 20.8 Å². The molecule has 0 spiro atoms. The van der Waals surface area contributed by atoms with Gasteiger partial charge in [0.1, 0.15) is 6.61 Å². The molecule has 1 aliphatic carbocycles. The van der Waals surface area contributed by atoms with Crippen LogP contribution in [0.5, 0.6) is 0 Å². The zero-order chi connectivity index (χ0) is 16.3. The number of carbonyl (C=O) groups excluding carboxylic acids is 1. The number of hydrogen-bond donors (Lipinski definition) is 2. The summed E-state index contributed by atoms with van der Waals surface area (Å²) < 4.78 is 41.3. The van der Waals surface area contributed by atoms with Gasteiger partial charge in [0, 0.05) is 6.04 Å². The highest BCUT2D eigenvalue weighted by atomic mass is 19.4. The predicted octanol–water partition coefficient (Wildman–Crippen LogP) is 2.37. The Morgan fingerprint density at radius 1 is 1.33 bits per heavy atom. The van der Waals surface area contributed by atoms with Crippen LogP contribution in [0.1, 0.15) is 46.5 Å². The lowest BCUT2D eigenvalue weighted by Crippen LogP contribution is -2.52. The fourth-order valence-corrected chi connectivity index (χ4v) is 2.32. The number of halogens is 3. The number of carbonyl (C=O) groups is 1. The van der Waals surface area contributed by atoms with Crippen molar-refractivity contribution in [3.63, 3.8) is 0 Å². The molecule has 0 aromatic carbocycles. The van der Waals surface area contributed by atoms with E-state index >= 15 is 0 Å². The summed E-state index contributed by atoms with van der Waals surface area (Å²) in [5.74, 6) is -0.260. The summed E-state index contributed by atoms with van der Waals surface area (Å²) in [5, 5.41) is 2.83. The minimum absolute atomic E-state index is 0.169. The van der Waals surface area contributed by atoms with Crippen LogP contribution in [0.25, 0.3) is 0 Å². The first kappa shape index (κ1) is 18.2. The number of ether oxygens (including phenoxy) is 1. The molecule has 4 nitrogen and oxygen atoms in total. The molecule has 7 heteroatoms. The minimum atomic E-state index is -4.31. The smallest absolute Gasteiger partial charge is 0.369 e. The topological polar surface area (TPSA) is 64.4 Å². The van der Waals surface area contributed by atoms with Crippen molar-refractivity contribution in [2.24, 2.45) is 11.1 Å². The molecule has 0 aliphatic heterocycles. The normalized spacial score (nSPS) is 25.5. The summed E-state index contributed by atoms with van der Waals surface area (Å²) in [6.45, 7) is 4.37. The molecule has 0 radical (unpaired) electrons. The zero-order valence-corrected chi connectivity index (χ0v) is 12.8. The number of alkyl halides is 3. The van der Waals surface area contributed by atoms with E-state index in [1.807, 2.05) is 20.8 Å². The second kappa shape index (κ2) is 6.96. The zero-order valence-electron chi connectivity index (χ0n) is 12.8. The molecule has 1 rings (SSSR count). The van der Waals surface area contributed by atoms with Crippen LogP contribution in [0.4, 0.5) is 13.2 Å². The predicted molar refractivity (Wildman–Crippen MR) is 73.6 cm³/mol. The van der Waals surface area contributed by atoms with Crippen molar-refractivity contribution < 1.29 is 22.7 Å². The molecule has 21 heavy (non-hydrogen) atoms. The largest absolute Gasteiger partial charge is 0.411 e. The second-order valence-corrected chi connectivity index (χ2v) is 6.76. The molecule has 1 saturated carbocycles. The maximum absolute atomic E-state index is 12.1. The molecule has 0 aromatic rings. The second-order valence-electron chi connectivity index (χ2n) is 6.76. The fraction of sp³-hybridized carbons (Fsp3) is 0.929. The van der Waals surface area contributed by atoms with Crippen LogP contribution < -0.4 is 11.1 Å². The fourth-order valence-electron chi connectivity index (χ4n) is 2.32. The maximum Gasteiger partial charge on any atom is 0.411 e. The van der Waals surface area contributed by atoms with E-state index in [0.29, 0.717) is 12.8 Å². The van der Waals surface area contributed by atoms with Crippen molar-refractivity contribution in [1.29, 1.82) is 0 Å². The molecule has 3 atom stereocenters. The van der Waals surface area contributed by atoms with Crippen molar-refractivity contribution in [2.75, 3.05) is 6.61 Å². The number of rotatable bonds is 4. The Morgan fingerprint density at radius 2 is 1.95 bits per heavy atom. The molecule has 1 fully saturated rings. The van der Waals surface area contributed by atoms with Gasteiger partial charge in [-0.15, -0.1) is 0 Å². The van der Waals surface area contributed by atoms with Gasteiger partial charge in [-0.05, 0) is 31.1 Å². The minimum Gasteiger partial charge on any atom is -0.369 e. The van der Waals surface area contributed by atoms with Crippen molar-refractivity contribution in [2.45, 2.75) is 70.8 Å². The first-order valence-corrected chi connectivity index (χ1v) is 7.23. The van der Waals surface area contributed by atoms with Crippen LogP contribution in [0.3, 0.4) is 0 Å². The van der Waals surface area contributed by atoms with Gasteiger partial charge in [-0.3, -0.25) is 4.79 Å². The monoisotopic (exact) mass is 310 g/mol. The van der Waals surface area contributed by atoms with Crippen LogP contribution in [-0.4, -0.2) is 36.9 Å². The van der Waals surface area contributed by atoms with Crippen molar-refractivity contribution in [1.82, 2.24) is 5.32 Å². The Kier molecular flexibility index (Phi) is 6.04. The Labute approximate surface area is 123 Å². The van der Waals surface area contributed by atoms with E-state index in [9.17, 15) is 18.0 Å². The molecule has 0 saturated heterocycles. The van der Waals surface area contributed by atoms with Crippen LogP contribution >= 0.6 is 0 Å². The number of nitrogens with two attached hydrogens (primary N) is 1. The third-order valence-electron chi connectivity index (χ3n) is 3.67. The molecular formula is C14H25F3N2O2. The molecule has 1 amide bonds. The third kappa shape index (κ3) is 6.65. The molecule has 124 valence electrons. The summed E-state index contributed by atoms with van der Waals surface area (Å²) in [4.78, 5) is 12.0. The van der Waals surface area contributed by atoms with E-state index in [0.717, 1.165) is 12.8 Å². The highest BCUT2D eigenvalue weighted by molar-refractivity contribution is 5.82. The SMILES string of the molecule is CC(C)(C)[C@@H](N)C(=O)NC1CCCC(OCC(F)(F)F)C1. The first-order valence-electron chi connectivity index (χ1n) is 7.23. The van der Waals surface area contributed by atoms with Crippen molar-refractivity contribution in [3.8, 4) is 0 Å². The summed E-state index contributed by atoms with van der Waals surface area (Å²) in [6.07, 6.45) is -2.30. The lowest BCUT2D eigenvalue weighted by atomic mass is 9.86. The lowest BCUT2D eigenvalue weighted by Gasteiger charge is -2.32. The van der Waals surface area contributed by atoms with Crippen molar-refractivity contribution in [3.05, 3.63) is 0 Å². The standard InChI is InChI=1S/C14H25F3N2O2/c1-13(2,3)11(18)12(20)19-9-5-4-6-10(7-9)21-8-14(15,16)17/h9-11H,4-8,18H2,1-3H3,(H,19,20)/t9?,10?,11-/m0/s1. The molecule has 2 unspecified atom stereocenters. The Bertz CT molecular complexity index is 353. The molecule has 1 aliphatic rings. The summed E-state index contributed by atoms with van der Waals surface area (Å²) in [7, 11) is 0. The van der Waals surface area contributed by atoms with Gasteiger partial charge in [-0.25, -0.2) is 0 Å². The third-order valence-corrected chi connectivity index (χ3v) is 3.67. The summed E-state index contributed by atoms with van der Waals surface area (Å²) in [6, 6.07) is -0.813. The van der Waals surface area contributed by atoms with E-state index in [1.54, 1.807) is 0 Å². The van der Waals surface area contributed by atoms with Gasteiger partial charge < -0.3 is 15.8 Å². The average molecular weight is 310 g/mol. The van der Waals surface area contributed by atoms with E-state index in [-0.39, 0.29) is 17.4 Å². The Morgan fingerprint density at radius 3 is 2.48 bits per heavy atom. The molecule has 0 heterocycles. The molecular weight excluding hydrogens is 285 g/mol. The molecule has 3 N–H and O–H groups in total. The number of hydrogen-bond acceptors (Lipinski definition) is 3. The number of amides is 1. The van der Waals surface area contributed by atoms with Gasteiger partial charge in [0.2, 0.25) is 5.91 Å². The Hall–Kier alpha value is -0.820. The van der Waals surface area contributed by atoms with Crippen LogP contribution in [0.15, 0.2) is 0 Å². The van der Waals surface area contributed by atoms with Gasteiger partial charge >= 0.3 is 6.18 Å². The number of nitrogens with one attached hydrogen (secondary N) is 1. The maximum atomic E-state index is 12.1. The Balaban J connectivity index is 2.44. The van der Waals surface area contributed by atoms with E-state index in [4.69, 9.17) is 10.5 Å². The van der Waals surface area contributed by atoms with Gasteiger partial charge in [0.05, 0.1) is 12.1 Å². The summed E-state index contributed by atoms with van der Waals surface area (Å²) >= 11 is 0. The van der Waals surface area contributed by atoms with E-state index < -0.39 is 24.9 Å². The highest BCUT2D eigenvalue weighted by Gasteiger charge is 2.33. The van der Waals surface area contributed by atoms with E-state index in [1.165, 1.54) is 0 Å². The van der Waals surface area contributed by atoms with Gasteiger partial charge in [0.25, 0.3) is 0 Å². The molecule has 0 aromatic heterocycles. The van der Waals surface area contributed by atoms with Gasteiger partial charge in [0.15, 0.2) is 0 Å². The lowest BCUT2D eigenvalue weighted by molar-refractivity contribution is -0.188. The van der Waals surface area contributed by atoms with Crippen LogP contribution in [0.2, 0.25) is 0 Å². The highest BCUT2D eigenvalue weighted by Crippen LogP contribution is 2.25. The van der Waals surface area contributed by atoms with Crippen molar-refractivity contribution >= 4 is 5.91 Å². The van der Waals surface area contributed by atoms with Gasteiger partial charge in [-0.2, -0.15) is 13.2 Å². The van der Waals surface area contributed by atoms with Crippen LogP contribution in [0, 0.1) is 5.41 Å². The first-order chi connectivity index (χ1) is 9.49. The summed E-state index contributed by atoms with van der Waals surface area (Å²) in [5.41, 5.74) is 5.51. The average Bonchev–Trinajstić information content (AvgIpc) is 2.34. The van der Waals surface area contributed by atoms with Crippen LogP contribution in [-0.2, 0) is 9.53 Å². The molecule has 0 bridgehead atoms. The van der Waals surface area contributed by atoms with E-state index in [2.05, 4.69) is 5.32 Å².